The fourth-order valence-corrected chi connectivity index (χ4v) is 4.42. The highest BCUT2D eigenvalue weighted by Crippen LogP contribution is 2.18. The van der Waals surface area contributed by atoms with Crippen molar-refractivity contribution in [2.75, 3.05) is 32.8 Å². The number of nitrogens with zero attached hydrogens (tertiary/aromatic N) is 2. The van der Waals surface area contributed by atoms with Crippen LogP contribution in [0.25, 0.3) is 0 Å². The summed E-state index contributed by atoms with van der Waals surface area (Å²) in [5.41, 5.74) is 2.60. The minimum absolute atomic E-state index is 0. The van der Waals surface area contributed by atoms with E-state index in [1.54, 1.807) is 0 Å². The molecule has 3 unspecified atom stereocenters. The maximum Gasteiger partial charge on any atom is 0.191 e. The first kappa shape index (κ1) is 29.1. The Balaban J connectivity index is 0.00000512. The third kappa shape index (κ3) is 10.8. The minimum Gasteiger partial charge on any atom is -0.396 e. The average Bonchev–Trinajstić information content (AvgIpc) is 2.70. The second-order valence-electron chi connectivity index (χ2n) is 9.30. The molecule has 0 aromatic heterocycles. The Morgan fingerprint density at radius 2 is 1.81 bits per heavy atom. The predicted octanol–water partition coefficient (Wildman–Crippen LogP) is 4.01. The van der Waals surface area contributed by atoms with Crippen molar-refractivity contribution in [1.82, 2.24) is 15.5 Å². The molecule has 0 bridgehead atoms. The first-order valence-corrected chi connectivity index (χ1v) is 12.0. The van der Waals surface area contributed by atoms with Gasteiger partial charge in [0.2, 0.25) is 0 Å². The molecule has 0 saturated carbocycles. The number of aliphatic hydroxyl groups excluding tert-OH is 1. The molecule has 0 amide bonds. The van der Waals surface area contributed by atoms with E-state index in [1.165, 1.54) is 11.1 Å². The highest BCUT2D eigenvalue weighted by atomic mass is 127. The van der Waals surface area contributed by atoms with Crippen molar-refractivity contribution in [3.63, 3.8) is 0 Å². The summed E-state index contributed by atoms with van der Waals surface area (Å²) >= 11 is 0. The SMILES string of the molecule is CCNC(=NCc1ccccc1CN1CC(C)OC(C)C1)NCC(CCO)CC(C)C.I. The molecule has 1 fully saturated rings. The summed E-state index contributed by atoms with van der Waals surface area (Å²) in [6, 6.07) is 8.61. The van der Waals surface area contributed by atoms with E-state index in [4.69, 9.17) is 9.73 Å². The fourth-order valence-electron chi connectivity index (χ4n) is 4.42. The number of aliphatic imine (C=N–C) groups is 1. The molecule has 6 nitrogen and oxygen atoms in total. The molecule has 3 N–H and O–H groups in total. The summed E-state index contributed by atoms with van der Waals surface area (Å²) in [5, 5.41) is 16.2. The lowest BCUT2D eigenvalue weighted by atomic mass is 9.94. The highest BCUT2D eigenvalue weighted by Gasteiger charge is 2.22. The number of morpholine rings is 1. The first-order valence-electron chi connectivity index (χ1n) is 12.0. The van der Waals surface area contributed by atoms with Crippen molar-refractivity contribution in [1.29, 1.82) is 0 Å². The molecule has 3 atom stereocenters. The Kier molecular flexibility index (Phi) is 14.4. The molecule has 0 spiro atoms. The number of guanidine groups is 1. The van der Waals surface area contributed by atoms with E-state index < -0.39 is 0 Å². The lowest BCUT2D eigenvalue weighted by molar-refractivity contribution is -0.0705. The largest absolute Gasteiger partial charge is 0.396 e. The molecule has 1 aromatic rings. The van der Waals surface area contributed by atoms with Crippen LogP contribution in [-0.2, 0) is 17.8 Å². The van der Waals surface area contributed by atoms with Gasteiger partial charge < -0.3 is 20.5 Å². The summed E-state index contributed by atoms with van der Waals surface area (Å²) in [7, 11) is 0. The molecule has 2 rings (SSSR count). The highest BCUT2D eigenvalue weighted by molar-refractivity contribution is 14.0. The van der Waals surface area contributed by atoms with Crippen LogP contribution in [-0.4, -0.2) is 61.0 Å². The number of aliphatic hydroxyl groups is 1. The van der Waals surface area contributed by atoms with Gasteiger partial charge in [-0.2, -0.15) is 0 Å². The first-order chi connectivity index (χ1) is 14.9. The Morgan fingerprint density at radius 1 is 1.16 bits per heavy atom. The molecule has 1 aliphatic rings. The van der Waals surface area contributed by atoms with Gasteiger partial charge in [0, 0.05) is 39.3 Å². The van der Waals surface area contributed by atoms with Crippen LogP contribution in [0.1, 0.15) is 58.6 Å². The van der Waals surface area contributed by atoms with Crippen LogP contribution in [0.2, 0.25) is 0 Å². The van der Waals surface area contributed by atoms with Gasteiger partial charge in [0.15, 0.2) is 5.96 Å². The molecule has 32 heavy (non-hydrogen) atoms. The smallest absolute Gasteiger partial charge is 0.191 e. The van der Waals surface area contributed by atoms with E-state index >= 15 is 0 Å². The lowest BCUT2D eigenvalue weighted by Crippen LogP contribution is -2.44. The zero-order valence-corrected chi connectivity index (χ0v) is 23.0. The van der Waals surface area contributed by atoms with E-state index in [1.807, 2.05) is 0 Å². The molecule has 1 heterocycles. The lowest BCUT2D eigenvalue weighted by Gasteiger charge is -2.35. The number of hydrogen-bond donors (Lipinski definition) is 3. The van der Waals surface area contributed by atoms with E-state index in [2.05, 4.69) is 74.4 Å². The number of nitrogens with one attached hydrogen (secondary N) is 2. The zero-order valence-electron chi connectivity index (χ0n) is 20.6. The van der Waals surface area contributed by atoms with Crippen molar-refractivity contribution >= 4 is 29.9 Å². The normalized spacial score (nSPS) is 20.7. The summed E-state index contributed by atoms with van der Waals surface area (Å²) < 4.78 is 5.88. The third-order valence-corrected chi connectivity index (χ3v) is 5.66. The Morgan fingerprint density at radius 3 is 2.41 bits per heavy atom. The van der Waals surface area contributed by atoms with Crippen LogP contribution < -0.4 is 10.6 Å². The fraction of sp³-hybridized carbons (Fsp3) is 0.720. The van der Waals surface area contributed by atoms with Crippen LogP contribution in [0.5, 0.6) is 0 Å². The van der Waals surface area contributed by atoms with E-state index in [9.17, 15) is 5.11 Å². The predicted molar refractivity (Wildman–Crippen MR) is 145 cm³/mol. The van der Waals surface area contributed by atoms with Gasteiger partial charge >= 0.3 is 0 Å². The van der Waals surface area contributed by atoms with Crippen molar-refractivity contribution < 1.29 is 9.84 Å². The van der Waals surface area contributed by atoms with Gasteiger partial charge in [-0.1, -0.05) is 38.1 Å². The van der Waals surface area contributed by atoms with Crippen LogP contribution >= 0.6 is 24.0 Å². The number of halogens is 1. The average molecular weight is 561 g/mol. The molecule has 0 radical (unpaired) electrons. The molecule has 1 aromatic carbocycles. The van der Waals surface area contributed by atoms with Crippen molar-refractivity contribution in [3.8, 4) is 0 Å². The summed E-state index contributed by atoms with van der Waals surface area (Å²) in [4.78, 5) is 7.35. The second-order valence-corrected chi connectivity index (χ2v) is 9.30. The van der Waals surface area contributed by atoms with Gasteiger partial charge in [0.1, 0.15) is 0 Å². The maximum atomic E-state index is 9.38. The Bertz CT molecular complexity index is 661. The minimum atomic E-state index is 0. The van der Waals surface area contributed by atoms with Gasteiger partial charge in [-0.05, 0) is 56.6 Å². The van der Waals surface area contributed by atoms with Gasteiger partial charge in [-0.15, -0.1) is 24.0 Å². The summed E-state index contributed by atoms with van der Waals surface area (Å²) in [6.07, 6.45) is 2.48. The number of rotatable bonds is 11. The third-order valence-electron chi connectivity index (χ3n) is 5.66. The van der Waals surface area contributed by atoms with Crippen molar-refractivity contribution in [2.45, 2.75) is 72.8 Å². The number of ether oxygens (including phenoxy) is 1. The molecule has 1 saturated heterocycles. The van der Waals surface area contributed by atoms with Crippen molar-refractivity contribution in [2.24, 2.45) is 16.8 Å². The number of hydrogen-bond acceptors (Lipinski definition) is 4. The zero-order chi connectivity index (χ0) is 22.6. The van der Waals surface area contributed by atoms with Gasteiger partial charge in [0.25, 0.3) is 0 Å². The van der Waals surface area contributed by atoms with E-state index in [0.717, 1.165) is 51.5 Å². The number of benzene rings is 1. The topological polar surface area (TPSA) is 69.1 Å². The van der Waals surface area contributed by atoms with Gasteiger partial charge in [-0.3, -0.25) is 4.90 Å². The van der Waals surface area contributed by atoms with Gasteiger partial charge in [-0.25, -0.2) is 4.99 Å². The molecule has 7 heteroatoms. The summed E-state index contributed by atoms with van der Waals surface area (Å²) in [5.74, 6) is 1.92. The molecular formula is C25H45IN4O2. The maximum absolute atomic E-state index is 9.38. The monoisotopic (exact) mass is 560 g/mol. The second kappa shape index (κ2) is 15.9. The van der Waals surface area contributed by atoms with E-state index in [0.29, 0.717) is 18.4 Å². The Labute approximate surface area is 212 Å². The van der Waals surface area contributed by atoms with Crippen LogP contribution in [0.15, 0.2) is 29.3 Å². The molecule has 184 valence electrons. The van der Waals surface area contributed by atoms with Crippen LogP contribution in [0.3, 0.4) is 0 Å². The quantitative estimate of drug-likeness (QED) is 0.217. The van der Waals surface area contributed by atoms with E-state index in [-0.39, 0.29) is 42.8 Å². The van der Waals surface area contributed by atoms with Gasteiger partial charge in [0.05, 0.1) is 18.8 Å². The summed E-state index contributed by atoms with van der Waals surface area (Å²) in [6.45, 7) is 16.3. The standard InChI is InChI=1S/C25H44N4O2.HI/c1-6-26-25(27-14-22(11-12-30)13-19(2)3)28-15-23-9-7-8-10-24(23)18-29-16-20(4)31-21(5)17-29;/h7-10,19-22,30H,6,11-18H2,1-5H3,(H2,26,27,28);1H. The molecule has 0 aliphatic carbocycles. The van der Waals surface area contributed by atoms with Crippen molar-refractivity contribution in [3.05, 3.63) is 35.4 Å². The van der Waals surface area contributed by atoms with Crippen LogP contribution in [0, 0.1) is 11.8 Å². The molecular weight excluding hydrogens is 515 g/mol. The molecule has 1 aliphatic heterocycles. The Hall–Kier alpha value is -0.900. The van der Waals surface area contributed by atoms with Crippen LogP contribution in [0.4, 0.5) is 0 Å².